The molecule has 1 aliphatic carbocycles. The van der Waals surface area contributed by atoms with Crippen molar-refractivity contribution in [2.75, 3.05) is 0 Å². The minimum Gasteiger partial charge on any atom is -0.326 e. The molecule has 20 heavy (non-hydrogen) atoms. The summed E-state index contributed by atoms with van der Waals surface area (Å²) < 4.78 is 2.42. The Balaban J connectivity index is 2.10. The standard InChI is InChI=1S/C16H23N3S/c1-3-13(17)16(12-8-9-20-10-12)19-11(2)18-14-6-4-5-7-15(14)19/h8-10,13,16H,3-7,17H2,1-2H3. The molecule has 0 aromatic carbocycles. The van der Waals surface area contributed by atoms with Crippen LogP contribution in [0.2, 0.25) is 0 Å². The van der Waals surface area contributed by atoms with E-state index in [1.54, 1.807) is 11.3 Å². The summed E-state index contributed by atoms with van der Waals surface area (Å²) in [6.45, 7) is 4.29. The highest BCUT2D eigenvalue weighted by atomic mass is 32.1. The molecule has 0 aliphatic heterocycles. The largest absolute Gasteiger partial charge is 0.326 e. The molecular weight excluding hydrogens is 266 g/mol. The number of aryl methyl sites for hydroxylation is 2. The minimum absolute atomic E-state index is 0.142. The topological polar surface area (TPSA) is 43.8 Å². The number of fused-ring (bicyclic) bond motifs is 1. The van der Waals surface area contributed by atoms with Crippen LogP contribution in [0.1, 0.15) is 55.0 Å². The van der Waals surface area contributed by atoms with E-state index in [0.717, 1.165) is 25.1 Å². The number of nitrogens with two attached hydrogens (primary N) is 1. The van der Waals surface area contributed by atoms with Crippen LogP contribution in [-0.4, -0.2) is 15.6 Å². The van der Waals surface area contributed by atoms with Crippen molar-refractivity contribution in [2.24, 2.45) is 5.73 Å². The van der Waals surface area contributed by atoms with Crippen LogP contribution in [0.25, 0.3) is 0 Å². The van der Waals surface area contributed by atoms with Crippen molar-refractivity contribution in [2.45, 2.75) is 58.0 Å². The third kappa shape index (κ3) is 2.31. The maximum absolute atomic E-state index is 6.46. The van der Waals surface area contributed by atoms with Gasteiger partial charge in [-0.25, -0.2) is 4.98 Å². The fourth-order valence-electron chi connectivity index (χ4n) is 3.32. The van der Waals surface area contributed by atoms with E-state index in [9.17, 15) is 0 Å². The lowest BCUT2D eigenvalue weighted by molar-refractivity contribution is 0.436. The lowest BCUT2D eigenvalue weighted by atomic mass is 9.97. The van der Waals surface area contributed by atoms with Crippen molar-refractivity contribution < 1.29 is 0 Å². The summed E-state index contributed by atoms with van der Waals surface area (Å²) in [7, 11) is 0. The average Bonchev–Trinajstić information content (AvgIpc) is 3.08. The van der Waals surface area contributed by atoms with Gasteiger partial charge in [0.1, 0.15) is 5.82 Å². The van der Waals surface area contributed by atoms with Gasteiger partial charge < -0.3 is 10.3 Å². The smallest absolute Gasteiger partial charge is 0.106 e. The zero-order valence-corrected chi connectivity index (χ0v) is 13.1. The van der Waals surface area contributed by atoms with Crippen molar-refractivity contribution in [3.05, 3.63) is 39.6 Å². The average molecular weight is 289 g/mol. The molecule has 2 aromatic rings. The molecule has 0 fully saturated rings. The van der Waals surface area contributed by atoms with Gasteiger partial charge in [-0.2, -0.15) is 11.3 Å². The van der Waals surface area contributed by atoms with Crippen molar-refractivity contribution in [3.63, 3.8) is 0 Å². The summed E-state index contributed by atoms with van der Waals surface area (Å²) in [4.78, 5) is 4.81. The Morgan fingerprint density at radius 2 is 2.20 bits per heavy atom. The highest BCUT2D eigenvalue weighted by Gasteiger charge is 2.27. The maximum Gasteiger partial charge on any atom is 0.106 e. The predicted molar refractivity (Wildman–Crippen MR) is 84.3 cm³/mol. The van der Waals surface area contributed by atoms with E-state index in [0.29, 0.717) is 0 Å². The Morgan fingerprint density at radius 1 is 1.40 bits per heavy atom. The molecule has 3 nitrogen and oxygen atoms in total. The van der Waals surface area contributed by atoms with E-state index in [4.69, 9.17) is 10.7 Å². The molecule has 0 spiro atoms. The Hall–Kier alpha value is -1.13. The van der Waals surface area contributed by atoms with Gasteiger partial charge in [0.15, 0.2) is 0 Å². The molecule has 0 radical (unpaired) electrons. The first-order chi connectivity index (χ1) is 9.72. The van der Waals surface area contributed by atoms with Gasteiger partial charge in [0, 0.05) is 11.7 Å². The Morgan fingerprint density at radius 3 is 2.90 bits per heavy atom. The van der Waals surface area contributed by atoms with Crippen LogP contribution in [0.15, 0.2) is 16.8 Å². The lowest BCUT2D eigenvalue weighted by Crippen LogP contribution is -2.34. The maximum atomic E-state index is 6.46. The number of aromatic nitrogens is 2. The zero-order chi connectivity index (χ0) is 14.1. The van der Waals surface area contributed by atoms with Gasteiger partial charge in [0.25, 0.3) is 0 Å². The highest BCUT2D eigenvalue weighted by Crippen LogP contribution is 2.32. The summed E-state index contributed by atoms with van der Waals surface area (Å²) in [6.07, 6.45) is 5.79. The monoisotopic (exact) mass is 289 g/mol. The van der Waals surface area contributed by atoms with Crippen LogP contribution in [0.5, 0.6) is 0 Å². The Kier molecular flexibility index (Phi) is 3.94. The molecule has 4 heteroatoms. The molecule has 2 heterocycles. The van der Waals surface area contributed by atoms with E-state index in [1.807, 2.05) is 0 Å². The number of hydrogen-bond donors (Lipinski definition) is 1. The lowest BCUT2D eigenvalue weighted by Gasteiger charge is -2.28. The van der Waals surface area contributed by atoms with E-state index in [-0.39, 0.29) is 12.1 Å². The number of hydrogen-bond acceptors (Lipinski definition) is 3. The van der Waals surface area contributed by atoms with Gasteiger partial charge in [0.2, 0.25) is 0 Å². The first-order valence-corrected chi connectivity index (χ1v) is 8.51. The summed E-state index contributed by atoms with van der Waals surface area (Å²) in [5, 5.41) is 4.37. The minimum atomic E-state index is 0.142. The van der Waals surface area contributed by atoms with Crippen LogP contribution in [0.4, 0.5) is 0 Å². The molecule has 0 amide bonds. The summed E-state index contributed by atoms with van der Waals surface area (Å²) in [5.41, 5.74) is 10.5. The van der Waals surface area contributed by atoms with E-state index < -0.39 is 0 Å². The van der Waals surface area contributed by atoms with Crippen LogP contribution in [0, 0.1) is 6.92 Å². The highest BCUT2D eigenvalue weighted by molar-refractivity contribution is 7.07. The number of thiophene rings is 1. The zero-order valence-electron chi connectivity index (χ0n) is 12.3. The first-order valence-electron chi connectivity index (χ1n) is 7.56. The van der Waals surface area contributed by atoms with Crippen molar-refractivity contribution in [1.29, 1.82) is 0 Å². The van der Waals surface area contributed by atoms with Crippen molar-refractivity contribution in [1.82, 2.24) is 9.55 Å². The van der Waals surface area contributed by atoms with Gasteiger partial charge in [-0.1, -0.05) is 6.92 Å². The van der Waals surface area contributed by atoms with E-state index in [2.05, 4.69) is 35.2 Å². The fraction of sp³-hybridized carbons (Fsp3) is 0.562. The Labute approximate surface area is 124 Å². The summed E-state index contributed by atoms with van der Waals surface area (Å²) in [5.74, 6) is 1.12. The number of imidazole rings is 1. The molecular formula is C16H23N3S. The van der Waals surface area contributed by atoms with Gasteiger partial charge in [-0.15, -0.1) is 0 Å². The quantitative estimate of drug-likeness (QED) is 0.936. The molecule has 0 saturated heterocycles. The molecule has 2 aromatic heterocycles. The molecule has 108 valence electrons. The second-order valence-electron chi connectivity index (χ2n) is 5.70. The number of nitrogens with zero attached hydrogens (tertiary/aromatic N) is 2. The second kappa shape index (κ2) is 5.70. The molecule has 0 bridgehead atoms. The van der Waals surface area contributed by atoms with Gasteiger partial charge in [-0.3, -0.25) is 0 Å². The van der Waals surface area contributed by atoms with Crippen LogP contribution >= 0.6 is 11.3 Å². The van der Waals surface area contributed by atoms with Crippen molar-refractivity contribution >= 4 is 11.3 Å². The first kappa shape index (κ1) is 13.8. The number of rotatable bonds is 4. The van der Waals surface area contributed by atoms with E-state index >= 15 is 0 Å². The van der Waals surface area contributed by atoms with Crippen LogP contribution in [0.3, 0.4) is 0 Å². The SMILES string of the molecule is CCC(N)C(c1ccsc1)n1c(C)nc2c1CCCC2. The molecule has 3 rings (SSSR count). The van der Waals surface area contributed by atoms with Gasteiger partial charge in [0.05, 0.1) is 11.7 Å². The summed E-state index contributed by atoms with van der Waals surface area (Å²) >= 11 is 1.75. The molecule has 2 atom stereocenters. The fourth-order valence-corrected chi connectivity index (χ4v) is 4.01. The molecule has 0 saturated carbocycles. The van der Waals surface area contributed by atoms with Crippen LogP contribution in [-0.2, 0) is 12.8 Å². The molecule has 2 unspecified atom stereocenters. The van der Waals surface area contributed by atoms with Gasteiger partial charge in [-0.05, 0) is 61.4 Å². The van der Waals surface area contributed by atoms with E-state index in [1.165, 1.54) is 29.8 Å². The van der Waals surface area contributed by atoms with Gasteiger partial charge >= 0.3 is 0 Å². The van der Waals surface area contributed by atoms with Crippen LogP contribution < -0.4 is 5.73 Å². The summed E-state index contributed by atoms with van der Waals surface area (Å²) in [6, 6.07) is 2.59. The Bertz CT molecular complexity index is 571. The third-order valence-corrected chi connectivity index (χ3v) is 5.09. The molecule has 1 aliphatic rings. The predicted octanol–water partition coefficient (Wildman–Crippen LogP) is 3.46. The third-order valence-electron chi connectivity index (χ3n) is 4.39. The molecule has 2 N–H and O–H groups in total. The van der Waals surface area contributed by atoms with Crippen molar-refractivity contribution in [3.8, 4) is 0 Å². The second-order valence-corrected chi connectivity index (χ2v) is 6.48. The normalized spacial score (nSPS) is 17.8.